The first-order chi connectivity index (χ1) is 8.04. The van der Waals surface area contributed by atoms with Crippen LogP contribution in [0.2, 0.25) is 0 Å². The van der Waals surface area contributed by atoms with Gasteiger partial charge < -0.3 is 5.32 Å². The van der Waals surface area contributed by atoms with Gasteiger partial charge >= 0.3 is 0 Å². The first-order valence-corrected chi connectivity index (χ1v) is 7.10. The van der Waals surface area contributed by atoms with E-state index < -0.39 is 0 Å². The van der Waals surface area contributed by atoms with Gasteiger partial charge in [-0.3, -0.25) is 4.90 Å². The van der Waals surface area contributed by atoms with Crippen LogP contribution in [-0.4, -0.2) is 36.6 Å². The van der Waals surface area contributed by atoms with Crippen molar-refractivity contribution in [2.45, 2.75) is 52.0 Å². The van der Waals surface area contributed by atoms with Crippen molar-refractivity contribution in [3.05, 3.63) is 12.7 Å². The van der Waals surface area contributed by atoms with Gasteiger partial charge in [-0.2, -0.15) is 0 Å². The lowest BCUT2D eigenvalue weighted by Gasteiger charge is -2.35. The monoisotopic (exact) mass is 238 g/mol. The summed E-state index contributed by atoms with van der Waals surface area (Å²) >= 11 is 0. The summed E-state index contributed by atoms with van der Waals surface area (Å²) in [5.74, 6) is 0.960. The Morgan fingerprint density at radius 2 is 1.94 bits per heavy atom. The third-order valence-corrected chi connectivity index (χ3v) is 3.80. The third kappa shape index (κ3) is 5.69. The minimum atomic E-state index is 0.266. The van der Waals surface area contributed by atoms with Gasteiger partial charge in [-0.15, -0.1) is 6.58 Å². The molecule has 1 aliphatic rings. The maximum Gasteiger partial charge on any atom is 0.0165 e. The van der Waals surface area contributed by atoms with Gasteiger partial charge in [-0.25, -0.2) is 0 Å². The molecule has 2 nitrogen and oxygen atoms in total. The lowest BCUT2D eigenvalue weighted by atomic mass is 9.93. The van der Waals surface area contributed by atoms with E-state index in [2.05, 4.69) is 37.6 Å². The summed E-state index contributed by atoms with van der Waals surface area (Å²) in [6.45, 7) is 15.4. The quantitative estimate of drug-likeness (QED) is 0.716. The summed E-state index contributed by atoms with van der Waals surface area (Å²) in [5.41, 5.74) is 0.266. The highest BCUT2D eigenvalue weighted by Gasteiger charge is 2.20. The van der Waals surface area contributed by atoms with Crippen molar-refractivity contribution in [1.29, 1.82) is 0 Å². The average molecular weight is 238 g/mol. The molecule has 0 bridgehead atoms. The molecule has 0 spiro atoms. The smallest absolute Gasteiger partial charge is 0.0165 e. The molecule has 1 fully saturated rings. The maximum absolute atomic E-state index is 3.86. The van der Waals surface area contributed by atoms with E-state index in [1.807, 2.05) is 6.08 Å². The number of hydrogen-bond acceptors (Lipinski definition) is 2. The van der Waals surface area contributed by atoms with Crippen molar-refractivity contribution in [3.8, 4) is 0 Å². The molecule has 1 saturated heterocycles. The van der Waals surface area contributed by atoms with Gasteiger partial charge in [0, 0.05) is 12.1 Å². The zero-order valence-electron chi connectivity index (χ0n) is 12.0. The van der Waals surface area contributed by atoms with Crippen LogP contribution in [0.5, 0.6) is 0 Å². The Labute approximate surface area is 107 Å². The van der Waals surface area contributed by atoms with Gasteiger partial charge in [0.1, 0.15) is 0 Å². The standard InChI is InChI=1S/C15H30N2/c1-5-12-17(15(2,3)4)13-6-7-14-8-10-16-11-9-14/h5,14,16H,1,6-13H2,2-4H3. The number of hydrogen-bond donors (Lipinski definition) is 1. The SMILES string of the molecule is C=CCN(CCCC1CCNCC1)C(C)(C)C. The zero-order valence-corrected chi connectivity index (χ0v) is 12.0. The van der Waals surface area contributed by atoms with Gasteiger partial charge in [-0.1, -0.05) is 6.08 Å². The molecule has 0 saturated carbocycles. The van der Waals surface area contributed by atoms with E-state index in [1.54, 1.807) is 0 Å². The van der Waals surface area contributed by atoms with Crippen LogP contribution in [-0.2, 0) is 0 Å². The normalized spacial score (nSPS) is 18.6. The van der Waals surface area contributed by atoms with Crippen molar-refractivity contribution in [2.75, 3.05) is 26.2 Å². The molecule has 1 rings (SSSR count). The Kier molecular flexibility index (Phi) is 6.21. The Hall–Kier alpha value is -0.340. The fourth-order valence-corrected chi connectivity index (χ4v) is 2.60. The van der Waals surface area contributed by atoms with Gasteiger partial charge in [-0.05, 0) is 72.0 Å². The Morgan fingerprint density at radius 3 is 2.47 bits per heavy atom. The highest BCUT2D eigenvalue weighted by molar-refractivity contribution is 4.83. The van der Waals surface area contributed by atoms with Crippen LogP contribution < -0.4 is 5.32 Å². The number of rotatable bonds is 6. The summed E-state index contributed by atoms with van der Waals surface area (Å²) in [5, 5.41) is 3.43. The van der Waals surface area contributed by atoms with Crippen LogP contribution in [0.4, 0.5) is 0 Å². The van der Waals surface area contributed by atoms with E-state index in [0.717, 1.165) is 12.5 Å². The molecule has 0 radical (unpaired) electrons. The molecule has 1 N–H and O–H groups in total. The summed E-state index contributed by atoms with van der Waals surface area (Å²) in [4.78, 5) is 2.53. The van der Waals surface area contributed by atoms with Crippen LogP contribution in [0.25, 0.3) is 0 Å². The van der Waals surface area contributed by atoms with Crippen LogP contribution in [0.15, 0.2) is 12.7 Å². The largest absolute Gasteiger partial charge is 0.317 e. The molecule has 0 unspecified atom stereocenters. The van der Waals surface area contributed by atoms with Crippen molar-refractivity contribution >= 4 is 0 Å². The number of nitrogens with zero attached hydrogens (tertiary/aromatic N) is 1. The van der Waals surface area contributed by atoms with Gasteiger partial charge in [0.15, 0.2) is 0 Å². The lowest BCUT2D eigenvalue weighted by Crippen LogP contribution is -2.42. The van der Waals surface area contributed by atoms with Crippen molar-refractivity contribution in [2.24, 2.45) is 5.92 Å². The molecule has 0 aromatic carbocycles. The highest BCUT2D eigenvalue weighted by atomic mass is 15.2. The van der Waals surface area contributed by atoms with Gasteiger partial charge in [0.25, 0.3) is 0 Å². The fourth-order valence-electron chi connectivity index (χ4n) is 2.60. The lowest BCUT2D eigenvalue weighted by molar-refractivity contribution is 0.147. The van der Waals surface area contributed by atoms with Crippen LogP contribution in [0.3, 0.4) is 0 Å². The average Bonchev–Trinajstić information content (AvgIpc) is 2.28. The molecule has 0 amide bonds. The van der Waals surface area contributed by atoms with E-state index in [-0.39, 0.29) is 5.54 Å². The molecular weight excluding hydrogens is 208 g/mol. The van der Waals surface area contributed by atoms with Crippen molar-refractivity contribution in [1.82, 2.24) is 10.2 Å². The fraction of sp³-hybridized carbons (Fsp3) is 0.867. The maximum atomic E-state index is 3.86. The van der Waals surface area contributed by atoms with Crippen LogP contribution >= 0.6 is 0 Å². The first-order valence-electron chi connectivity index (χ1n) is 7.10. The topological polar surface area (TPSA) is 15.3 Å². The minimum Gasteiger partial charge on any atom is -0.317 e. The Morgan fingerprint density at radius 1 is 1.29 bits per heavy atom. The van der Waals surface area contributed by atoms with E-state index in [0.29, 0.717) is 0 Å². The third-order valence-electron chi connectivity index (χ3n) is 3.80. The van der Waals surface area contributed by atoms with Crippen molar-refractivity contribution in [3.63, 3.8) is 0 Å². The molecule has 2 heteroatoms. The second-order valence-corrected chi connectivity index (χ2v) is 6.24. The van der Waals surface area contributed by atoms with Crippen LogP contribution in [0.1, 0.15) is 46.5 Å². The zero-order chi connectivity index (χ0) is 12.7. The molecule has 1 heterocycles. The molecule has 0 aromatic rings. The van der Waals surface area contributed by atoms with Gasteiger partial charge in [0.2, 0.25) is 0 Å². The molecule has 100 valence electrons. The Bertz CT molecular complexity index is 211. The number of nitrogens with one attached hydrogen (secondary N) is 1. The van der Waals surface area contributed by atoms with E-state index in [4.69, 9.17) is 0 Å². The summed E-state index contributed by atoms with van der Waals surface area (Å²) < 4.78 is 0. The van der Waals surface area contributed by atoms with Crippen molar-refractivity contribution < 1.29 is 0 Å². The number of piperidine rings is 1. The predicted molar refractivity (Wildman–Crippen MR) is 76.4 cm³/mol. The van der Waals surface area contributed by atoms with E-state index in [9.17, 15) is 0 Å². The van der Waals surface area contributed by atoms with Gasteiger partial charge in [0.05, 0.1) is 0 Å². The van der Waals surface area contributed by atoms with E-state index in [1.165, 1.54) is 45.3 Å². The van der Waals surface area contributed by atoms with E-state index >= 15 is 0 Å². The summed E-state index contributed by atoms with van der Waals surface area (Å²) in [6.07, 6.45) is 7.49. The highest BCUT2D eigenvalue weighted by Crippen LogP contribution is 2.20. The molecule has 17 heavy (non-hydrogen) atoms. The molecule has 1 aliphatic heterocycles. The molecule has 0 aromatic heterocycles. The first kappa shape index (κ1) is 14.7. The Balaban J connectivity index is 2.24. The second-order valence-electron chi connectivity index (χ2n) is 6.24. The molecular formula is C15H30N2. The second kappa shape index (κ2) is 7.17. The summed E-state index contributed by atoms with van der Waals surface area (Å²) in [6, 6.07) is 0. The van der Waals surface area contributed by atoms with Crippen LogP contribution in [0, 0.1) is 5.92 Å². The predicted octanol–water partition coefficient (Wildman–Crippen LogP) is 3.05. The summed E-state index contributed by atoms with van der Waals surface area (Å²) in [7, 11) is 0. The molecule has 0 aliphatic carbocycles. The molecule has 0 atom stereocenters. The minimum absolute atomic E-state index is 0.266.